The summed E-state index contributed by atoms with van der Waals surface area (Å²) in [7, 11) is 1.70. The highest BCUT2D eigenvalue weighted by Gasteiger charge is 2.46. The molecule has 3 aliphatic rings. The number of halogens is 1. The lowest BCUT2D eigenvalue weighted by atomic mass is 9.74. The third-order valence-corrected chi connectivity index (χ3v) is 7.92. The molecule has 182 valence electrons. The van der Waals surface area contributed by atoms with Gasteiger partial charge in [-0.3, -0.25) is 0 Å². The van der Waals surface area contributed by atoms with Crippen LogP contribution in [0.15, 0.2) is 42.5 Å². The Labute approximate surface area is 201 Å². The van der Waals surface area contributed by atoms with Crippen LogP contribution in [0.1, 0.15) is 38.2 Å². The van der Waals surface area contributed by atoms with E-state index in [2.05, 4.69) is 15.9 Å². The summed E-state index contributed by atoms with van der Waals surface area (Å²) >= 11 is 0. The zero-order valence-corrected chi connectivity index (χ0v) is 20.1. The van der Waals surface area contributed by atoms with Crippen molar-refractivity contribution in [1.29, 1.82) is 0 Å². The Morgan fingerprint density at radius 3 is 2.50 bits per heavy atom. The monoisotopic (exact) mass is 467 g/mol. The number of anilines is 2. The van der Waals surface area contributed by atoms with Crippen molar-refractivity contribution in [3.8, 4) is 5.75 Å². The highest BCUT2D eigenvalue weighted by Crippen LogP contribution is 2.51. The summed E-state index contributed by atoms with van der Waals surface area (Å²) in [5, 5.41) is 0. The fourth-order valence-corrected chi connectivity index (χ4v) is 6.08. The number of nitrogens with zero attached hydrogens (tertiary/aromatic N) is 3. The molecule has 3 aliphatic heterocycles. The summed E-state index contributed by atoms with van der Waals surface area (Å²) in [6, 6.07) is 13.8. The first-order valence-corrected chi connectivity index (χ1v) is 12.4. The predicted molar refractivity (Wildman–Crippen MR) is 131 cm³/mol. The van der Waals surface area contributed by atoms with Crippen LogP contribution in [0, 0.1) is 5.82 Å². The van der Waals surface area contributed by atoms with E-state index in [4.69, 9.17) is 9.47 Å². The maximum atomic E-state index is 14.4. The topological polar surface area (TPSA) is 45.2 Å². The van der Waals surface area contributed by atoms with Gasteiger partial charge >= 0.3 is 6.09 Å². The van der Waals surface area contributed by atoms with E-state index in [0.717, 1.165) is 81.1 Å². The van der Waals surface area contributed by atoms with Crippen LogP contribution in [0.25, 0.3) is 0 Å². The van der Waals surface area contributed by atoms with Crippen molar-refractivity contribution in [2.75, 3.05) is 51.3 Å². The van der Waals surface area contributed by atoms with Gasteiger partial charge in [-0.1, -0.05) is 12.1 Å². The highest BCUT2D eigenvalue weighted by atomic mass is 19.1. The van der Waals surface area contributed by atoms with Crippen LogP contribution < -0.4 is 9.64 Å². The Hall–Kier alpha value is -2.80. The van der Waals surface area contributed by atoms with Gasteiger partial charge in [0.25, 0.3) is 0 Å². The average Bonchev–Trinajstić information content (AvgIpc) is 3.17. The quantitative estimate of drug-likeness (QED) is 0.637. The molecule has 6 nitrogen and oxygen atoms in total. The molecular weight excluding hydrogens is 433 g/mol. The summed E-state index contributed by atoms with van der Waals surface area (Å²) in [6.45, 7) is 6.57. The van der Waals surface area contributed by atoms with Gasteiger partial charge in [-0.05, 0) is 81.6 Å². The number of ether oxygens (including phenoxy) is 2. The molecule has 0 N–H and O–H groups in total. The van der Waals surface area contributed by atoms with Crippen LogP contribution in [0.4, 0.5) is 20.6 Å². The summed E-state index contributed by atoms with van der Waals surface area (Å²) in [4.78, 5) is 18.7. The van der Waals surface area contributed by atoms with Crippen molar-refractivity contribution in [1.82, 2.24) is 9.80 Å². The van der Waals surface area contributed by atoms with Gasteiger partial charge < -0.3 is 24.2 Å². The zero-order chi connectivity index (χ0) is 23.7. The van der Waals surface area contributed by atoms with Crippen LogP contribution in [-0.2, 0) is 10.2 Å². The number of amides is 1. The Kier molecular flexibility index (Phi) is 6.38. The lowest BCUT2D eigenvalue weighted by molar-refractivity contribution is 0.0581. The molecular formula is C27H34FN3O3. The van der Waals surface area contributed by atoms with Crippen molar-refractivity contribution >= 4 is 17.5 Å². The minimum absolute atomic E-state index is 0.0690. The van der Waals surface area contributed by atoms with Gasteiger partial charge in [-0.2, -0.15) is 0 Å². The molecule has 2 aromatic rings. The van der Waals surface area contributed by atoms with Crippen molar-refractivity contribution in [3.63, 3.8) is 0 Å². The molecule has 7 heteroatoms. The maximum absolute atomic E-state index is 14.4. The Morgan fingerprint density at radius 1 is 1.06 bits per heavy atom. The minimum Gasteiger partial charge on any atom is -0.495 e. The van der Waals surface area contributed by atoms with Crippen LogP contribution in [-0.4, -0.2) is 68.4 Å². The van der Waals surface area contributed by atoms with Gasteiger partial charge in [0.05, 0.1) is 19.4 Å². The van der Waals surface area contributed by atoms with E-state index in [1.54, 1.807) is 19.2 Å². The van der Waals surface area contributed by atoms with Gasteiger partial charge in [0, 0.05) is 36.8 Å². The number of carbonyl (C=O) groups excluding carboxylic acids is 1. The van der Waals surface area contributed by atoms with Crippen LogP contribution in [0.3, 0.4) is 0 Å². The molecule has 2 fully saturated rings. The van der Waals surface area contributed by atoms with E-state index in [1.165, 1.54) is 0 Å². The number of carbonyl (C=O) groups is 1. The number of hydrogen-bond donors (Lipinski definition) is 0. The Bertz CT molecular complexity index is 1030. The zero-order valence-electron chi connectivity index (χ0n) is 20.1. The van der Waals surface area contributed by atoms with E-state index in [-0.39, 0.29) is 17.3 Å². The standard InChI is InChI=1S/C27H34FN3O3/c1-3-34-26(32)30-14-10-21(11-15-30)29-16-12-27(13-17-29)19-31(23-9-8-20(28)18-22(23)27)24-6-4-5-7-25(24)33-2/h4-9,18,21H,3,10-17,19H2,1-2H3. The molecule has 0 aromatic heterocycles. The van der Waals surface area contributed by atoms with Crippen LogP contribution in [0.5, 0.6) is 5.75 Å². The third-order valence-electron chi connectivity index (χ3n) is 7.92. The number of para-hydroxylation sites is 2. The number of benzene rings is 2. The van der Waals surface area contributed by atoms with E-state index < -0.39 is 0 Å². The van der Waals surface area contributed by atoms with Crippen LogP contribution in [0.2, 0.25) is 0 Å². The molecule has 5 rings (SSSR count). The van der Waals surface area contributed by atoms with Crippen LogP contribution >= 0.6 is 0 Å². The number of rotatable bonds is 4. The second-order valence-electron chi connectivity index (χ2n) is 9.65. The normalized spacial score (nSPS) is 20.4. The fourth-order valence-electron chi connectivity index (χ4n) is 6.08. The highest BCUT2D eigenvalue weighted by molar-refractivity contribution is 5.76. The molecule has 2 aromatic carbocycles. The SMILES string of the molecule is CCOC(=O)N1CCC(N2CCC3(CC2)CN(c2ccccc2OC)c2ccc(F)cc23)CC1. The third kappa shape index (κ3) is 4.11. The van der Waals surface area contributed by atoms with Crippen molar-refractivity contribution in [2.45, 2.75) is 44.1 Å². The minimum atomic E-state index is -0.195. The van der Waals surface area contributed by atoms with Crippen molar-refractivity contribution in [3.05, 3.63) is 53.8 Å². The number of piperidine rings is 2. The second-order valence-corrected chi connectivity index (χ2v) is 9.65. The molecule has 0 saturated carbocycles. The van der Waals surface area contributed by atoms with Gasteiger partial charge in [0.1, 0.15) is 11.6 Å². The molecule has 34 heavy (non-hydrogen) atoms. The van der Waals surface area contributed by atoms with E-state index in [0.29, 0.717) is 12.6 Å². The molecule has 0 radical (unpaired) electrons. The molecule has 0 unspecified atom stereocenters. The van der Waals surface area contributed by atoms with Gasteiger partial charge in [-0.25, -0.2) is 9.18 Å². The second kappa shape index (κ2) is 9.45. The molecule has 1 spiro atoms. The molecule has 0 atom stereocenters. The van der Waals surface area contributed by atoms with Gasteiger partial charge in [0.15, 0.2) is 0 Å². The maximum Gasteiger partial charge on any atom is 0.409 e. The molecule has 1 amide bonds. The molecule has 2 saturated heterocycles. The first-order chi connectivity index (χ1) is 16.5. The number of methoxy groups -OCH3 is 1. The summed E-state index contributed by atoms with van der Waals surface area (Å²) in [5.74, 6) is 0.661. The molecule has 0 aliphatic carbocycles. The predicted octanol–water partition coefficient (Wildman–Crippen LogP) is 4.94. The van der Waals surface area contributed by atoms with Gasteiger partial charge in [0.2, 0.25) is 0 Å². The largest absolute Gasteiger partial charge is 0.495 e. The van der Waals surface area contributed by atoms with E-state index in [1.807, 2.05) is 36.1 Å². The first kappa shape index (κ1) is 23.0. The number of fused-ring (bicyclic) bond motifs is 2. The molecule has 0 bridgehead atoms. The Morgan fingerprint density at radius 2 is 1.79 bits per heavy atom. The Balaban J connectivity index is 1.31. The smallest absolute Gasteiger partial charge is 0.409 e. The summed E-state index contributed by atoms with van der Waals surface area (Å²) in [6.07, 6.45) is 3.74. The van der Waals surface area contributed by atoms with E-state index in [9.17, 15) is 9.18 Å². The number of hydrogen-bond acceptors (Lipinski definition) is 5. The van der Waals surface area contributed by atoms with Gasteiger partial charge in [-0.15, -0.1) is 0 Å². The summed E-state index contributed by atoms with van der Waals surface area (Å²) in [5.41, 5.74) is 3.17. The fraction of sp³-hybridized carbons (Fsp3) is 0.519. The molecule has 3 heterocycles. The lowest BCUT2D eigenvalue weighted by Gasteiger charge is -2.45. The van der Waals surface area contributed by atoms with Crippen molar-refractivity contribution in [2.24, 2.45) is 0 Å². The number of likely N-dealkylation sites (tertiary alicyclic amines) is 2. The van der Waals surface area contributed by atoms with E-state index >= 15 is 0 Å². The first-order valence-electron chi connectivity index (χ1n) is 12.4. The lowest BCUT2D eigenvalue weighted by Crippen LogP contribution is -2.52. The summed E-state index contributed by atoms with van der Waals surface area (Å²) < 4.78 is 25.2. The van der Waals surface area contributed by atoms with Crippen molar-refractivity contribution < 1.29 is 18.7 Å². The average molecular weight is 468 g/mol.